The molecule has 14 aromatic rings. The van der Waals surface area contributed by atoms with Crippen LogP contribution < -0.4 is 0 Å². The Bertz CT molecular complexity index is 4200. The summed E-state index contributed by atoms with van der Waals surface area (Å²) in [6.07, 6.45) is 0. The van der Waals surface area contributed by atoms with Crippen molar-refractivity contribution in [1.29, 1.82) is 0 Å². The highest BCUT2D eigenvalue weighted by Crippen LogP contribution is 2.45. The van der Waals surface area contributed by atoms with Crippen LogP contribution in [0.5, 0.6) is 0 Å². The zero-order valence-corrected chi connectivity index (χ0v) is 35.5. The highest BCUT2D eigenvalue weighted by Gasteiger charge is 2.23. The van der Waals surface area contributed by atoms with Crippen molar-refractivity contribution in [1.82, 2.24) is 19.5 Å². The van der Waals surface area contributed by atoms with Crippen LogP contribution in [-0.2, 0) is 0 Å². The minimum Gasteiger partial charge on any atom is -0.456 e. The highest BCUT2D eigenvalue weighted by atomic mass is 16.3. The third kappa shape index (κ3) is 5.63. The van der Waals surface area contributed by atoms with E-state index < -0.39 is 0 Å². The molecule has 11 aromatic carbocycles. The van der Waals surface area contributed by atoms with Crippen LogP contribution in [0.25, 0.3) is 138 Å². The van der Waals surface area contributed by atoms with Gasteiger partial charge in [0.2, 0.25) is 0 Å². The van der Waals surface area contributed by atoms with Gasteiger partial charge < -0.3 is 8.98 Å². The number of hydrogen-bond acceptors (Lipinski definition) is 4. The van der Waals surface area contributed by atoms with Crippen LogP contribution in [0.4, 0.5) is 0 Å². The fraction of sp³-hybridized carbons (Fsp3) is 0. The molecule has 0 atom stereocenters. The molecule has 0 saturated carbocycles. The standard InChI is InChI=1S/C61H36N4O/c1-2-15-39(16-3-1)50-36-53-58(48-22-11-10-21-47(48)50)57-46-20-9-8-17-40(46)29-31-52(57)65(53)45-30-32-54-51(35-45)56-49(23-12-24-55(56)66-54)61-63-59(43-27-25-37-13-4-6-18-41(37)33-43)62-60(64-61)44-28-26-38-14-5-7-19-42(38)34-44/h1-36H. The Balaban J connectivity index is 1.03. The van der Waals surface area contributed by atoms with E-state index in [1.807, 2.05) is 12.1 Å². The second-order valence-corrected chi connectivity index (χ2v) is 17.1. The molecular formula is C61H36N4O. The third-order valence-corrected chi connectivity index (χ3v) is 13.4. The first-order valence-corrected chi connectivity index (χ1v) is 22.3. The highest BCUT2D eigenvalue weighted by molar-refractivity contribution is 6.30. The zero-order chi connectivity index (χ0) is 43.3. The molecule has 0 fully saturated rings. The molecule has 0 saturated heterocycles. The van der Waals surface area contributed by atoms with Crippen molar-refractivity contribution < 1.29 is 4.42 Å². The molecule has 14 rings (SSSR count). The van der Waals surface area contributed by atoms with Gasteiger partial charge in [0.1, 0.15) is 11.2 Å². The normalized spacial score (nSPS) is 11.9. The van der Waals surface area contributed by atoms with E-state index in [0.29, 0.717) is 17.5 Å². The second kappa shape index (κ2) is 14.3. The molecule has 66 heavy (non-hydrogen) atoms. The van der Waals surface area contributed by atoms with Gasteiger partial charge in [-0.3, -0.25) is 0 Å². The number of furan rings is 1. The molecule has 0 spiro atoms. The summed E-state index contributed by atoms with van der Waals surface area (Å²) in [4.78, 5) is 15.7. The minimum atomic E-state index is 0.581. The summed E-state index contributed by atoms with van der Waals surface area (Å²) in [5.41, 5.74) is 9.98. The second-order valence-electron chi connectivity index (χ2n) is 17.1. The van der Waals surface area contributed by atoms with E-state index in [0.717, 1.165) is 76.9 Å². The van der Waals surface area contributed by atoms with Gasteiger partial charge in [-0.2, -0.15) is 0 Å². The Morgan fingerprint density at radius 1 is 0.303 bits per heavy atom. The van der Waals surface area contributed by atoms with Crippen molar-refractivity contribution in [2.45, 2.75) is 0 Å². The van der Waals surface area contributed by atoms with Crippen molar-refractivity contribution >= 4 is 86.8 Å². The monoisotopic (exact) mass is 840 g/mol. The lowest BCUT2D eigenvalue weighted by Crippen LogP contribution is -2.00. The van der Waals surface area contributed by atoms with Crippen LogP contribution in [0.3, 0.4) is 0 Å². The molecule has 0 aliphatic rings. The lowest BCUT2D eigenvalue weighted by Gasteiger charge is -2.12. The quantitative estimate of drug-likeness (QED) is 0.173. The summed E-state index contributed by atoms with van der Waals surface area (Å²) in [5, 5.41) is 13.9. The number of aromatic nitrogens is 4. The summed E-state index contributed by atoms with van der Waals surface area (Å²) in [7, 11) is 0. The van der Waals surface area contributed by atoms with E-state index in [2.05, 4.69) is 211 Å². The summed E-state index contributed by atoms with van der Waals surface area (Å²) >= 11 is 0. The maximum Gasteiger partial charge on any atom is 0.164 e. The lowest BCUT2D eigenvalue weighted by molar-refractivity contribution is 0.669. The molecule has 3 aromatic heterocycles. The molecule has 5 heteroatoms. The largest absolute Gasteiger partial charge is 0.456 e. The molecule has 0 N–H and O–H groups in total. The fourth-order valence-corrected chi connectivity index (χ4v) is 10.3. The van der Waals surface area contributed by atoms with Gasteiger partial charge >= 0.3 is 0 Å². The van der Waals surface area contributed by atoms with E-state index in [1.165, 1.54) is 43.4 Å². The Hall–Kier alpha value is -8.93. The molecule has 0 amide bonds. The summed E-state index contributed by atoms with van der Waals surface area (Å²) in [6, 6.07) is 77.6. The van der Waals surface area contributed by atoms with Crippen LogP contribution in [0.1, 0.15) is 0 Å². The van der Waals surface area contributed by atoms with Crippen LogP contribution in [0, 0.1) is 0 Å². The van der Waals surface area contributed by atoms with E-state index in [9.17, 15) is 0 Å². The smallest absolute Gasteiger partial charge is 0.164 e. The van der Waals surface area contributed by atoms with Crippen molar-refractivity contribution in [3.8, 4) is 51.0 Å². The third-order valence-electron chi connectivity index (χ3n) is 13.4. The van der Waals surface area contributed by atoms with E-state index in [4.69, 9.17) is 19.4 Å². The molecule has 5 nitrogen and oxygen atoms in total. The minimum absolute atomic E-state index is 0.581. The Labute approximate surface area is 378 Å². The van der Waals surface area contributed by atoms with Crippen molar-refractivity contribution in [2.24, 2.45) is 0 Å². The first-order valence-electron chi connectivity index (χ1n) is 22.3. The molecule has 0 aliphatic heterocycles. The van der Waals surface area contributed by atoms with Gasteiger partial charge in [-0.1, -0.05) is 170 Å². The van der Waals surface area contributed by atoms with Gasteiger partial charge in [0.15, 0.2) is 17.5 Å². The lowest BCUT2D eigenvalue weighted by atomic mass is 9.94. The fourth-order valence-electron chi connectivity index (χ4n) is 10.3. The SMILES string of the molecule is c1ccc(-c2cc3c(c4ccccc24)c2c4ccccc4ccc2n3-c2ccc3oc4cccc(-c5nc(-c6ccc7ccccc7c6)nc(-c6ccc7ccccc7c6)n5)c4c3c2)cc1. The first kappa shape index (κ1) is 36.5. The van der Waals surface area contributed by atoms with Crippen molar-refractivity contribution in [3.05, 3.63) is 218 Å². The van der Waals surface area contributed by atoms with Crippen molar-refractivity contribution in [2.75, 3.05) is 0 Å². The summed E-state index contributed by atoms with van der Waals surface area (Å²) in [6.45, 7) is 0. The Morgan fingerprint density at radius 2 is 0.894 bits per heavy atom. The number of rotatable bonds is 5. The number of fused-ring (bicyclic) bond motifs is 12. The van der Waals surface area contributed by atoms with Gasteiger partial charge in [0.05, 0.1) is 11.0 Å². The van der Waals surface area contributed by atoms with E-state index >= 15 is 0 Å². The van der Waals surface area contributed by atoms with Crippen LogP contribution in [-0.4, -0.2) is 19.5 Å². The predicted molar refractivity (Wildman–Crippen MR) is 273 cm³/mol. The Morgan fingerprint density at radius 3 is 1.62 bits per heavy atom. The average Bonchev–Trinajstić information content (AvgIpc) is 3.94. The van der Waals surface area contributed by atoms with Gasteiger partial charge in [0.25, 0.3) is 0 Å². The van der Waals surface area contributed by atoms with Crippen LogP contribution in [0.2, 0.25) is 0 Å². The maximum absolute atomic E-state index is 6.70. The van der Waals surface area contributed by atoms with Crippen molar-refractivity contribution in [3.63, 3.8) is 0 Å². The first-order chi connectivity index (χ1) is 32.7. The number of hydrogen-bond donors (Lipinski definition) is 0. The molecule has 3 heterocycles. The number of nitrogens with zero attached hydrogens (tertiary/aromatic N) is 4. The topological polar surface area (TPSA) is 56.7 Å². The number of benzene rings is 11. The molecule has 0 unspecified atom stereocenters. The van der Waals surface area contributed by atoms with E-state index in [1.54, 1.807) is 0 Å². The summed E-state index contributed by atoms with van der Waals surface area (Å²) in [5.74, 6) is 1.80. The van der Waals surface area contributed by atoms with Gasteiger partial charge in [-0.05, 0) is 103 Å². The average molecular weight is 841 g/mol. The molecule has 0 radical (unpaired) electrons. The van der Waals surface area contributed by atoms with Crippen LogP contribution in [0.15, 0.2) is 223 Å². The molecule has 0 aliphatic carbocycles. The Kier molecular flexibility index (Phi) is 7.91. The summed E-state index contributed by atoms with van der Waals surface area (Å²) < 4.78 is 9.14. The molecule has 306 valence electrons. The molecule has 0 bridgehead atoms. The predicted octanol–water partition coefficient (Wildman–Crippen LogP) is 16.1. The molecular weight excluding hydrogens is 805 g/mol. The van der Waals surface area contributed by atoms with Gasteiger partial charge in [0, 0.05) is 43.9 Å². The van der Waals surface area contributed by atoms with Crippen LogP contribution >= 0.6 is 0 Å². The van der Waals surface area contributed by atoms with Gasteiger partial charge in [-0.25, -0.2) is 15.0 Å². The maximum atomic E-state index is 6.70. The van der Waals surface area contributed by atoms with Gasteiger partial charge in [-0.15, -0.1) is 0 Å². The zero-order valence-electron chi connectivity index (χ0n) is 35.5. The van der Waals surface area contributed by atoms with E-state index in [-0.39, 0.29) is 0 Å².